The predicted octanol–water partition coefficient (Wildman–Crippen LogP) is 5.30. The minimum absolute atomic E-state index is 0.0427. The van der Waals surface area contributed by atoms with Crippen molar-refractivity contribution in [2.75, 3.05) is 10.6 Å². The zero-order valence-corrected chi connectivity index (χ0v) is 23.4. The standard InChI is InChI=1S/C30H33N5O3S/c1-5-18-19-10-6-7-11-22(19)39-24(18)23-16(2)33-28(32-15-17-9-8-12-31-14-17)35-27(23)34-21-13-20-25(36)30(20)26(21)37-29(3,4)38-30/h6-12,14,20-21,25-26,36H,5,13,15H2,1-4H3,(H2,32,33,34,35). The number of ether oxygens (including phenoxy) is 2. The maximum absolute atomic E-state index is 10.7. The van der Waals surface area contributed by atoms with Gasteiger partial charge in [0.25, 0.3) is 0 Å². The van der Waals surface area contributed by atoms with Crippen LogP contribution in [0.15, 0.2) is 48.8 Å². The van der Waals surface area contributed by atoms with Gasteiger partial charge in [-0.25, -0.2) is 4.98 Å². The maximum Gasteiger partial charge on any atom is 0.225 e. The highest BCUT2D eigenvalue weighted by molar-refractivity contribution is 7.22. The monoisotopic (exact) mass is 543 g/mol. The average molecular weight is 544 g/mol. The van der Waals surface area contributed by atoms with Gasteiger partial charge in [-0.1, -0.05) is 31.2 Å². The van der Waals surface area contributed by atoms with Crippen molar-refractivity contribution in [2.24, 2.45) is 5.92 Å². The Morgan fingerprint density at radius 2 is 2.00 bits per heavy atom. The van der Waals surface area contributed by atoms with E-state index in [1.165, 1.54) is 20.5 Å². The highest BCUT2D eigenvalue weighted by atomic mass is 32.1. The Morgan fingerprint density at radius 3 is 2.79 bits per heavy atom. The molecule has 7 rings (SSSR count). The second-order valence-corrected chi connectivity index (χ2v) is 12.3. The van der Waals surface area contributed by atoms with Crippen LogP contribution in [0, 0.1) is 12.8 Å². The van der Waals surface area contributed by atoms with E-state index in [0.29, 0.717) is 12.5 Å². The number of rotatable bonds is 7. The second-order valence-electron chi connectivity index (χ2n) is 11.3. The van der Waals surface area contributed by atoms with Crippen LogP contribution in [0.3, 0.4) is 0 Å². The van der Waals surface area contributed by atoms with Crippen molar-refractivity contribution in [3.8, 4) is 10.4 Å². The minimum atomic E-state index is -0.734. The summed E-state index contributed by atoms with van der Waals surface area (Å²) < 4.78 is 13.9. The Balaban J connectivity index is 1.29. The highest BCUT2D eigenvalue weighted by Gasteiger charge is 2.81. The van der Waals surface area contributed by atoms with Crippen LogP contribution in [0.5, 0.6) is 0 Å². The number of hydrogen-bond acceptors (Lipinski definition) is 9. The molecule has 1 saturated heterocycles. The smallest absolute Gasteiger partial charge is 0.225 e. The number of aromatic nitrogens is 3. The number of nitrogens with one attached hydrogen (secondary N) is 2. The maximum atomic E-state index is 10.7. The van der Waals surface area contributed by atoms with E-state index >= 15 is 0 Å². The van der Waals surface area contributed by atoms with E-state index in [9.17, 15) is 5.11 Å². The zero-order chi connectivity index (χ0) is 26.9. The van der Waals surface area contributed by atoms with Crippen molar-refractivity contribution in [3.63, 3.8) is 0 Å². The largest absolute Gasteiger partial charge is 0.390 e. The number of benzene rings is 1. The molecule has 1 aliphatic heterocycles. The molecule has 9 heteroatoms. The lowest BCUT2D eigenvalue weighted by molar-refractivity contribution is -0.157. The average Bonchev–Trinajstić information content (AvgIpc) is 3.23. The third kappa shape index (κ3) is 3.94. The van der Waals surface area contributed by atoms with Gasteiger partial charge in [0, 0.05) is 34.4 Å². The van der Waals surface area contributed by atoms with E-state index in [1.807, 2.05) is 32.2 Å². The summed E-state index contributed by atoms with van der Waals surface area (Å²) in [6.45, 7) is 8.67. The van der Waals surface area contributed by atoms with Crippen LogP contribution in [-0.2, 0) is 22.4 Å². The molecular weight excluding hydrogens is 510 g/mol. The van der Waals surface area contributed by atoms with Gasteiger partial charge in [-0.2, -0.15) is 4.98 Å². The number of fused-ring (bicyclic) bond motifs is 1. The van der Waals surface area contributed by atoms with Gasteiger partial charge < -0.3 is 25.2 Å². The van der Waals surface area contributed by atoms with Gasteiger partial charge in [0.1, 0.15) is 17.5 Å². The molecule has 5 unspecified atom stereocenters. The molecule has 1 aromatic carbocycles. The SMILES string of the molecule is CCc1c(-c2c(C)nc(NCc3cccnc3)nc2NC2CC3C(O)C34OC(C)(C)OC24)sc2ccccc12. The Bertz CT molecular complexity index is 1560. The van der Waals surface area contributed by atoms with Crippen LogP contribution < -0.4 is 10.6 Å². The van der Waals surface area contributed by atoms with Gasteiger partial charge >= 0.3 is 0 Å². The number of thiophene rings is 1. The first-order valence-electron chi connectivity index (χ1n) is 13.7. The number of nitrogens with zero attached hydrogens (tertiary/aromatic N) is 3. The van der Waals surface area contributed by atoms with E-state index in [-0.39, 0.29) is 18.1 Å². The normalized spacial score (nSPS) is 28.3. The van der Waals surface area contributed by atoms with Crippen molar-refractivity contribution in [3.05, 3.63) is 65.6 Å². The van der Waals surface area contributed by atoms with Gasteiger partial charge in [0.15, 0.2) is 5.79 Å². The van der Waals surface area contributed by atoms with Crippen LogP contribution in [0.25, 0.3) is 20.5 Å². The van der Waals surface area contributed by atoms with Gasteiger partial charge in [-0.05, 0) is 62.3 Å². The molecule has 4 heterocycles. The zero-order valence-electron chi connectivity index (χ0n) is 22.6. The van der Waals surface area contributed by atoms with Crippen LogP contribution in [0.1, 0.15) is 44.0 Å². The molecule has 1 spiro atoms. The molecule has 0 amide bonds. The Morgan fingerprint density at radius 1 is 1.15 bits per heavy atom. The number of anilines is 2. The van der Waals surface area contributed by atoms with E-state index in [4.69, 9.17) is 19.4 Å². The molecule has 2 saturated carbocycles. The summed E-state index contributed by atoms with van der Waals surface area (Å²) in [5.41, 5.74) is 3.67. The van der Waals surface area contributed by atoms with E-state index in [0.717, 1.165) is 35.5 Å². The molecule has 3 aromatic heterocycles. The number of aryl methyl sites for hydroxylation is 2. The predicted molar refractivity (Wildman–Crippen MR) is 153 cm³/mol. The van der Waals surface area contributed by atoms with E-state index in [1.54, 1.807) is 17.5 Å². The topological polar surface area (TPSA) is 101 Å². The molecule has 3 aliphatic rings. The molecule has 5 atom stereocenters. The Hall–Kier alpha value is -3.11. The Kier molecular flexibility index (Phi) is 5.72. The first kappa shape index (κ1) is 24.9. The molecule has 4 aromatic rings. The number of pyridine rings is 1. The van der Waals surface area contributed by atoms with E-state index in [2.05, 4.69) is 53.7 Å². The first-order valence-corrected chi connectivity index (χ1v) is 14.5. The fraction of sp³-hybridized carbons (Fsp3) is 0.433. The molecule has 0 bridgehead atoms. The van der Waals surface area contributed by atoms with Crippen LogP contribution in [0.2, 0.25) is 0 Å². The molecule has 0 radical (unpaired) electrons. The third-order valence-corrected chi connectivity index (χ3v) is 9.56. The summed E-state index contributed by atoms with van der Waals surface area (Å²) >= 11 is 1.79. The second kappa shape index (κ2) is 8.96. The first-order chi connectivity index (χ1) is 18.8. The summed E-state index contributed by atoms with van der Waals surface area (Å²) in [5, 5.41) is 19.1. The van der Waals surface area contributed by atoms with Gasteiger partial charge in [-0.3, -0.25) is 4.98 Å². The molecule has 3 fully saturated rings. The van der Waals surface area contributed by atoms with Gasteiger partial charge in [0.05, 0.1) is 23.4 Å². The fourth-order valence-electron chi connectivity index (χ4n) is 6.64. The summed E-state index contributed by atoms with van der Waals surface area (Å²) in [7, 11) is 0. The van der Waals surface area contributed by atoms with Crippen LogP contribution in [0.4, 0.5) is 11.8 Å². The molecule has 8 nitrogen and oxygen atoms in total. The summed E-state index contributed by atoms with van der Waals surface area (Å²) in [6.07, 6.45) is 4.54. The van der Waals surface area contributed by atoms with Crippen molar-refractivity contribution in [2.45, 2.75) is 76.7 Å². The molecule has 39 heavy (non-hydrogen) atoms. The number of aliphatic hydroxyl groups is 1. The summed E-state index contributed by atoms with van der Waals surface area (Å²) in [6, 6.07) is 12.5. The number of aliphatic hydroxyl groups excluding tert-OH is 1. The minimum Gasteiger partial charge on any atom is -0.390 e. The van der Waals surface area contributed by atoms with Crippen LogP contribution >= 0.6 is 11.3 Å². The van der Waals surface area contributed by atoms with Crippen molar-refractivity contribution in [1.29, 1.82) is 0 Å². The quantitative estimate of drug-likeness (QED) is 0.289. The summed E-state index contributed by atoms with van der Waals surface area (Å²) in [4.78, 5) is 15.3. The van der Waals surface area contributed by atoms with Crippen LogP contribution in [-0.4, -0.2) is 49.7 Å². The number of hydrogen-bond donors (Lipinski definition) is 3. The molecule has 202 valence electrons. The lowest BCUT2D eigenvalue weighted by atomic mass is 10.0. The lowest BCUT2D eigenvalue weighted by Gasteiger charge is -2.26. The third-order valence-electron chi connectivity index (χ3n) is 8.33. The molecule has 3 N–H and O–H groups in total. The van der Waals surface area contributed by atoms with Gasteiger partial charge in [0.2, 0.25) is 5.95 Å². The highest BCUT2D eigenvalue weighted by Crippen LogP contribution is 2.65. The van der Waals surface area contributed by atoms with Crippen molar-refractivity contribution < 1.29 is 14.6 Å². The Labute approximate surface area is 231 Å². The summed E-state index contributed by atoms with van der Waals surface area (Å²) in [5.74, 6) is 0.666. The fourth-order valence-corrected chi connectivity index (χ4v) is 8.03. The van der Waals surface area contributed by atoms with E-state index < -0.39 is 17.5 Å². The molecular formula is C30H33N5O3S. The van der Waals surface area contributed by atoms with Crippen molar-refractivity contribution in [1.82, 2.24) is 15.0 Å². The lowest BCUT2D eigenvalue weighted by Crippen LogP contribution is -2.40. The van der Waals surface area contributed by atoms with Crippen molar-refractivity contribution >= 4 is 33.2 Å². The molecule has 2 aliphatic carbocycles. The van der Waals surface area contributed by atoms with Gasteiger partial charge in [-0.15, -0.1) is 11.3 Å².